The molecule has 0 bridgehead atoms. The second kappa shape index (κ2) is 5.88. The average Bonchev–Trinajstić information content (AvgIpc) is 3.11. The largest absolute Gasteiger partial charge is 0.480 e. The van der Waals surface area contributed by atoms with Gasteiger partial charge in [0.25, 0.3) is 0 Å². The lowest BCUT2D eigenvalue weighted by Gasteiger charge is -2.23. The first kappa shape index (κ1) is 14.1. The Hall–Kier alpha value is -1.84. The van der Waals surface area contributed by atoms with Crippen molar-refractivity contribution in [2.24, 2.45) is 5.92 Å². The maximum absolute atomic E-state index is 12.5. The Bertz CT molecular complexity index is 549. The summed E-state index contributed by atoms with van der Waals surface area (Å²) in [5.41, 5.74) is 1.74. The summed E-state index contributed by atoms with van der Waals surface area (Å²) in [5, 5.41) is 9.39. The third-order valence-corrected chi connectivity index (χ3v) is 4.77. The normalized spacial score (nSPS) is 21.5. The van der Waals surface area contributed by atoms with Crippen LogP contribution in [0.3, 0.4) is 0 Å². The Labute approximate surface area is 124 Å². The van der Waals surface area contributed by atoms with E-state index in [0.29, 0.717) is 18.8 Å². The molecule has 1 aliphatic carbocycles. The Morgan fingerprint density at radius 2 is 1.90 bits per heavy atom. The van der Waals surface area contributed by atoms with E-state index in [0.717, 1.165) is 17.7 Å². The predicted octanol–water partition coefficient (Wildman–Crippen LogP) is 3.00. The van der Waals surface area contributed by atoms with Gasteiger partial charge < -0.3 is 5.11 Å². The lowest BCUT2D eigenvalue weighted by molar-refractivity contribution is -0.139. The van der Waals surface area contributed by atoms with E-state index in [9.17, 15) is 14.7 Å². The maximum Gasteiger partial charge on any atom is 0.327 e. The van der Waals surface area contributed by atoms with Gasteiger partial charge in [0, 0.05) is 18.5 Å². The number of carbonyl (C=O) groups is 2. The summed E-state index contributed by atoms with van der Waals surface area (Å²) in [6.45, 7) is 0. The van der Waals surface area contributed by atoms with Crippen LogP contribution >= 0.6 is 0 Å². The molecule has 21 heavy (non-hydrogen) atoms. The topological polar surface area (TPSA) is 57.6 Å². The molecule has 0 saturated heterocycles. The van der Waals surface area contributed by atoms with Gasteiger partial charge in [0.2, 0.25) is 5.91 Å². The molecule has 3 rings (SSSR count). The molecule has 1 aliphatic heterocycles. The number of hydrogen-bond acceptors (Lipinski definition) is 2. The molecular weight excluding hydrogens is 266 g/mol. The zero-order chi connectivity index (χ0) is 14.8. The molecular formula is C17H21NO3. The lowest BCUT2D eigenvalue weighted by atomic mass is 10.0. The van der Waals surface area contributed by atoms with E-state index in [1.165, 1.54) is 30.6 Å². The molecule has 2 aliphatic rings. The van der Waals surface area contributed by atoms with Crippen molar-refractivity contribution in [3.05, 3.63) is 29.8 Å². The van der Waals surface area contributed by atoms with Crippen molar-refractivity contribution in [3.63, 3.8) is 0 Å². The van der Waals surface area contributed by atoms with Crippen LogP contribution in [0.15, 0.2) is 24.3 Å². The van der Waals surface area contributed by atoms with Crippen molar-refractivity contribution in [1.29, 1.82) is 0 Å². The van der Waals surface area contributed by atoms with E-state index in [2.05, 4.69) is 0 Å². The highest BCUT2D eigenvalue weighted by Crippen LogP contribution is 2.34. The van der Waals surface area contributed by atoms with Gasteiger partial charge in [-0.1, -0.05) is 43.9 Å². The summed E-state index contributed by atoms with van der Waals surface area (Å²) in [7, 11) is 0. The number of benzene rings is 1. The molecule has 0 radical (unpaired) electrons. The monoisotopic (exact) mass is 287 g/mol. The number of carboxylic acids is 1. The highest BCUT2D eigenvalue weighted by atomic mass is 16.4. The molecule has 1 aromatic rings. The van der Waals surface area contributed by atoms with Gasteiger partial charge in [0.1, 0.15) is 6.04 Å². The Morgan fingerprint density at radius 1 is 1.19 bits per heavy atom. The average molecular weight is 287 g/mol. The Morgan fingerprint density at radius 3 is 2.62 bits per heavy atom. The van der Waals surface area contributed by atoms with Crippen molar-refractivity contribution in [2.45, 2.75) is 51.0 Å². The van der Waals surface area contributed by atoms with Crippen LogP contribution in [0.25, 0.3) is 0 Å². The molecule has 0 aromatic heterocycles. The van der Waals surface area contributed by atoms with Crippen LogP contribution in [0, 0.1) is 5.92 Å². The minimum Gasteiger partial charge on any atom is -0.480 e. The fourth-order valence-corrected chi connectivity index (χ4v) is 3.64. The fraction of sp³-hybridized carbons (Fsp3) is 0.529. The molecule has 1 N–H and O–H groups in total. The SMILES string of the molecule is O=C(O)C1Cc2ccccc2N1C(=O)CCC1CCCC1. The molecule has 1 fully saturated rings. The van der Waals surface area contributed by atoms with Crippen molar-refractivity contribution < 1.29 is 14.7 Å². The molecule has 1 amide bonds. The van der Waals surface area contributed by atoms with Gasteiger partial charge in [-0.2, -0.15) is 0 Å². The molecule has 0 spiro atoms. The first-order valence-corrected chi connectivity index (χ1v) is 7.79. The number of nitrogens with zero attached hydrogens (tertiary/aromatic N) is 1. The molecule has 1 heterocycles. The van der Waals surface area contributed by atoms with E-state index in [1.807, 2.05) is 24.3 Å². The maximum atomic E-state index is 12.5. The van der Waals surface area contributed by atoms with Crippen LogP contribution < -0.4 is 4.90 Å². The van der Waals surface area contributed by atoms with Gasteiger partial charge in [-0.25, -0.2) is 4.79 Å². The number of hydrogen-bond donors (Lipinski definition) is 1. The van der Waals surface area contributed by atoms with Crippen molar-refractivity contribution in [1.82, 2.24) is 0 Å². The van der Waals surface area contributed by atoms with E-state index >= 15 is 0 Å². The van der Waals surface area contributed by atoms with E-state index < -0.39 is 12.0 Å². The fourth-order valence-electron chi connectivity index (χ4n) is 3.64. The zero-order valence-electron chi connectivity index (χ0n) is 12.1. The van der Waals surface area contributed by atoms with Crippen LogP contribution in [-0.2, 0) is 16.0 Å². The standard InChI is InChI=1S/C17H21NO3/c19-16(10-9-12-5-1-2-6-12)18-14-8-4-3-7-13(14)11-15(18)17(20)21/h3-4,7-8,12,15H,1-2,5-6,9-11H2,(H,20,21). The molecule has 112 valence electrons. The molecule has 1 atom stereocenters. The number of fused-ring (bicyclic) bond motifs is 1. The zero-order valence-corrected chi connectivity index (χ0v) is 12.1. The summed E-state index contributed by atoms with van der Waals surface area (Å²) < 4.78 is 0. The molecule has 4 nitrogen and oxygen atoms in total. The van der Waals surface area contributed by atoms with Gasteiger partial charge in [-0.05, 0) is 24.0 Å². The molecule has 1 aromatic carbocycles. The Balaban J connectivity index is 1.73. The van der Waals surface area contributed by atoms with Crippen molar-refractivity contribution in [3.8, 4) is 0 Å². The molecule has 4 heteroatoms. The number of amides is 1. The van der Waals surface area contributed by atoms with Gasteiger partial charge in [0.15, 0.2) is 0 Å². The van der Waals surface area contributed by atoms with Crippen molar-refractivity contribution in [2.75, 3.05) is 4.90 Å². The summed E-state index contributed by atoms with van der Waals surface area (Å²) in [5.74, 6) is -0.310. The third kappa shape index (κ3) is 2.80. The molecule has 1 unspecified atom stereocenters. The number of anilines is 1. The number of carboxylic acid groups (broad SMARTS) is 1. The second-order valence-electron chi connectivity index (χ2n) is 6.14. The van der Waals surface area contributed by atoms with Crippen LogP contribution in [-0.4, -0.2) is 23.0 Å². The Kier molecular flexibility index (Phi) is 3.95. The number of rotatable bonds is 4. The van der Waals surface area contributed by atoms with E-state index in [1.54, 1.807) is 0 Å². The minimum absolute atomic E-state index is 0.0424. The van der Waals surface area contributed by atoms with Gasteiger partial charge in [-0.3, -0.25) is 9.69 Å². The smallest absolute Gasteiger partial charge is 0.327 e. The van der Waals surface area contributed by atoms with E-state index in [-0.39, 0.29) is 5.91 Å². The summed E-state index contributed by atoms with van der Waals surface area (Å²) in [4.78, 5) is 25.5. The van der Waals surface area contributed by atoms with Crippen LogP contribution in [0.4, 0.5) is 5.69 Å². The number of aliphatic carboxylic acids is 1. The third-order valence-electron chi connectivity index (χ3n) is 4.77. The van der Waals surface area contributed by atoms with Gasteiger partial charge in [-0.15, -0.1) is 0 Å². The summed E-state index contributed by atoms with van der Waals surface area (Å²) in [6, 6.07) is 6.78. The quantitative estimate of drug-likeness (QED) is 0.926. The number of para-hydroxylation sites is 1. The first-order chi connectivity index (χ1) is 10.2. The summed E-state index contributed by atoms with van der Waals surface area (Å²) >= 11 is 0. The highest BCUT2D eigenvalue weighted by Gasteiger charge is 2.38. The first-order valence-electron chi connectivity index (χ1n) is 7.79. The molecule has 1 saturated carbocycles. The van der Waals surface area contributed by atoms with E-state index in [4.69, 9.17) is 0 Å². The van der Waals surface area contributed by atoms with Crippen LogP contribution in [0.1, 0.15) is 44.1 Å². The number of carbonyl (C=O) groups excluding carboxylic acids is 1. The summed E-state index contributed by atoms with van der Waals surface area (Å²) in [6.07, 6.45) is 6.73. The van der Waals surface area contributed by atoms with Crippen LogP contribution in [0.2, 0.25) is 0 Å². The predicted molar refractivity (Wildman–Crippen MR) is 80.2 cm³/mol. The van der Waals surface area contributed by atoms with Crippen molar-refractivity contribution >= 4 is 17.6 Å². The van der Waals surface area contributed by atoms with Crippen LogP contribution in [0.5, 0.6) is 0 Å². The van der Waals surface area contributed by atoms with Gasteiger partial charge >= 0.3 is 5.97 Å². The van der Waals surface area contributed by atoms with Gasteiger partial charge in [0.05, 0.1) is 0 Å². The highest BCUT2D eigenvalue weighted by molar-refractivity contribution is 6.01. The minimum atomic E-state index is -0.916. The second-order valence-corrected chi connectivity index (χ2v) is 6.14. The lowest BCUT2D eigenvalue weighted by Crippen LogP contribution is -2.42.